The first-order chi connectivity index (χ1) is 16.3. The first-order valence-electron chi connectivity index (χ1n) is 11.3. The molecule has 0 radical (unpaired) electrons. The molecule has 0 saturated carbocycles. The molecule has 0 saturated heterocycles. The van der Waals surface area contributed by atoms with E-state index in [0.717, 1.165) is 32.8 Å². The normalized spacial score (nSPS) is 11.1. The van der Waals surface area contributed by atoms with Gasteiger partial charge in [0, 0.05) is 27.9 Å². The highest BCUT2D eigenvalue weighted by Gasteiger charge is 2.18. The Balaban J connectivity index is 1.78. The van der Waals surface area contributed by atoms with Gasteiger partial charge in [0.25, 0.3) is 5.91 Å². The number of aromatic nitrogens is 1. The fourth-order valence-corrected chi connectivity index (χ4v) is 4.51. The minimum atomic E-state index is -0.549. The Labute approximate surface area is 203 Å². The molecule has 7 heteroatoms. The van der Waals surface area contributed by atoms with E-state index < -0.39 is 6.09 Å². The fraction of sp³-hybridized carbons (Fsp3) is 0.259. The molecule has 0 aliphatic heterocycles. The summed E-state index contributed by atoms with van der Waals surface area (Å²) in [7, 11) is 0. The Hall–Kier alpha value is -3.51. The van der Waals surface area contributed by atoms with Crippen molar-refractivity contribution < 1.29 is 14.3 Å². The summed E-state index contributed by atoms with van der Waals surface area (Å²) >= 11 is 6.12. The Morgan fingerprint density at radius 2 is 1.71 bits per heavy atom. The number of aromatic amines is 1. The Kier molecular flexibility index (Phi) is 6.80. The minimum Gasteiger partial charge on any atom is -0.450 e. The lowest BCUT2D eigenvalue weighted by molar-refractivity contribution is 0.102. The third-order valence-electron chi connectivity index (χ3n) is 6.25. The molecule has 4 rings (SSSR count). The number of rotatable bonds is 6. The van der Waals surface area contributed by atoms with Crippen molar-refractivity contribution in [3.63, 3.8) is 0 Å². The van der Waals surface area contributed by atoms with Gasteiger partial charge in [0.15, 0.2) is 0 Å². The summed E-state index contributed by atoms with van der Waals surface area (Å²) in [5.41, 5.74) is 7.00. The molecule has 0 aliphatic rings. The molecular formula is C27H28ClN3O3. The third-order valence-corrected chi connectivity index (χ3v) is 6.44. The standard InChI is InChI=1S/C27H28ClN3O3/c1-5-34-27(33)31-23-14-22(21(10-11-28)19-8-6-7-9-20(19)23)30-26(32)24-13-18-12-15(2)16(3)17(4)25(18)29-24/h6-9,12-14,29H,5,10-11H2,1-4H3,(H,30,32)(H,31,33). The molecule has 0 unspecified atom stereocenters. The van der Waals surface area contributed by atoms with E-state index in [0.29, 0.717) is 29.4 Å². The average molecular weight is 478 g/mol. The van der Waals surface area contributed by atoms with Gasteiger partial charge >= 0.3 is 6.09 Å². The van der Waals surface area contributed by atoms with Crippen molar-refractivity contribution in [2.45, 2.75) is 34.1 Å². The number of hydrogen-bond donors (Lipinski definition) is 3. The number of anilines is 2. The molecule has 6 nitrogen and oxygen atoms in total. The summed E-state index contributed by atoms with van der Waals surface area (Å²) in [5, 5.41) is 8.59. The van der Waals surface area contributed by atoms with Crippen LogP contribution in [0, 0.1) is 20.8 Å². The average Bonchev–Trinajstić information content (AvgIpc) is 3.24. The highest BCUT2D eigenvalue weighted by atomic mass is 35.5. The van der Waals surface area contributed by atoms with Gasteiger partial charge in [-0.25, -0.2) is 4.79 Å². The summed E-state index contributed by atoms with van der Waals surface area (Å²) in [5.74, 6) is 0.126. The van der Waals surface area contributed by atoms with Crippen LogP contribution in [0.4, 0.5) is 16.2 Å². The smallest absolute Gasteiger partial charge is 0.411 e. The number of halogens is 1. The zero-order chi connectivity index (χ0) is 24.4. The van der Waals surface area contributed by atoms with E-state index in [1.165, 1.54) is 11.1 Å². The summed E-state index contributed by atoms with van der Waals surface area (Å²) in [6, 6.07) is 13.4. The van der Waals surface area contributed by atoms with Gasteiger partial charge in [-0.1, -0.05) is 24.3 Å². The van der Waals surface area contributed by atoms with Crippen LogP contribution in [0.1, 0.15) is 39.7 Å². The van der Waals surface area contributed by atoms with Crippen LogP contribution in [-0.4, -0.2) is 29.5 Å². The minimum absolute atomic E-state index is 0.260. The van der Waals surface area contributed by atoms with E-state index in [9.17, 15) is 9.59 Å². The van der Waals surface area contributed by atoms with Crippen molar-refractivity contribution in [3.8, 4) is 0 Å². The maximum absolute atomic E-state index is 13.3. The molecule has 1 aromatic heterocycles. The van der Waals surface area contributed by atoms with Crippen molar-refractivity contribution in [1.82, 2.24) is 4.98 Å². The van der Waals surface area contributed by atoms with Gasteiger partial charge in [0.05, 0.1) is 12.3 Å². The first kappa shape index (κ1) is 23.6. The number of alkyl halides is 1. The lowest BCUT2D eigenvalue weighted by Crippen LogP contribution is -2.17. The van der Waals surface area contributed by atoms with Crippen LogP contribution >= 0.6 is 11.6 Å². The zero-order valence-electron chi connectivity index (χ0n) is 19.8. The van der Waals surface area contributed by atoms with Gasteiger partial charge in [-0.2, -0.15) is 0 Å². The molecule has 4 aromatic rings. The second-order valence-corrected chi connectivity index (χ2v) is 8.70. The number of ether oxygens (including phenoxy) is 1. The molecule has 0 spiro atoms. The molecule has 1 heterocycles. The van der Waals surface area contributed by atoms with Crippen molar-refractivity contribution in [2.75, 3.05) is 23.1 Å². The maximum atomic E-state index is 13.3. The summed E-state index contributed by atoms with van der Waals surface area (Å²) in [6.45, 7) is 8.21. The number of carbonyl (C=O) groups is 2. The van der Waals surface area contributed by atoms with Crippen LogP contribution in [0.3, 0.4) is 0 Å². The fourth-order valence-electron chi connectivity index (χ4n) is 4.32. The molecule has 176 valence electrons. The number of fused-ring (bicyclic) bond motifs is 2. The van der Waals surface area contributed by atoms with Gasteiger partial charge in [0.1, 0.15) is 5.69 Å². The summed E-state index contributed by atoms with van der Waals surface area (Å²) in [4.78, 5) is 28.7. The van der Waals surface area contributed by atoms with Crippen LogP contribution < -0.4 is 10.6 Å². The van der Waals surface area contributed by atoms with Crippen molar-refractivity contribution >= 4 is 56.7 Å². The number of H-pyrrole nitrogens is 1. The van der Waals surface area contributed by atoms with Crippen molar-refractivity contribution in [3.05, 3.63) is 70.4 Å². The maximum Gasteiger partial charge on any atom is 0.411 e. The lowest BCUT2D eigenvalue weighted by atomic mass is 9.98. The van der Waals surface area contributed by atoms with E-state index in [-0.39, 0.29) is 12.5 Å². The molecule has 2 amide bonds. The number of carbonyl (C=O) groups excluding carboxylic acids is 2. The second-order valence-electron chi connectivity index (χ2n) is 8.33. The number of benzene rings is 3. The zero-order valence-corrected chi connectivity index (χ0v) is 20.5. The molecule has 34 heavy (non-hydrogen) atoms. The van der Waals surface area contributed by atoms with Gasteiger partial charge in [0.2, 0.25) is 0 Å². The predicted octanol–water partition coefficient (Wildman–Crippen LogP) is 6.85. The topological polar surface area (TPSA) is 83.2 Å². The lowest BCUT2D eigenvalue weighted by Gasteiger charge is -2.17. The molecule has 0 aliphatic carbocycles. The largest absolute Gasteiger partial charge is 0.450 e. The van der Waals surface area contributed by atoms with Crippen molar-refractivity contribution in [1.29, 1.82) is 0 Å². The van der Waals surface area contributed by atoms with Crippen LogP contribution in [0.15, 0.2) is 42.5 Å². The predicted molar refractivity (Wildman–Crippen MR) is 139 cm³/mol. The van der Waals surface area contributed by atoms with Gasteiger partial charge in [-0.3, -0.25) is 10.1 Å². The quantitative estimate of drug-likeness (QED) is 0.265. The van der Waals surface area contributed by atoms with Gasteiger partial charge in [-0.15, -0.1) is 11.6 Å². The van der Waals surface area contributed by atoms with Crippen LogP contribution in [0.5, 0.6) is 0 Å². The highest BCUT2D eigenvalue weighted by molar-refractivity contribution is 6.18. The molecule has 0 atom stereocenters. The van der Waals surface area contributed by atoms with Crippen molar-refractivity contribution in [2.24, 2.45) is 0 Å². The Bertz CT molecular complexity index is 1410. The SMILES string of the molecule is CCOC(=O)Nc1cc(NC(=O)c2cc3cc(C)c(C)c(C)c3[nH]2)c(CCCl)c2ccccc12. The van der Waals surface area contributed by atoms with E-state index >= 15 is 0 Å². The van der Waals surface area contributed by atoms with Gasteiger partial charge < -0.3 is 15.0 Å². The molecular weight excluding hydrogens is 450 g/mol. The molecule has 0 bridgehead atoms. The number of hydrogen-bond acceptors (Lipinski definition) is 3. The van der Waals surface area contributed by atoms with E-state index in [2.05, 4.69) is 42.5 Å². The Morgan fingerprint density at radius 3 is 2.41 bits per heavy atom. The summed E-state index contributed by atoms with van der Waals surface area (Å²) in [6.07, 6.45) is 0.00790. The van der Waals surface area contributed by atoms with Gasteiger partial charge in [-0.05, 0) is 80.0 Å². The van der Waals surface area contributed by atoms with Crippen LogP contribution in [-0.2, 0) is 11.2 Å². The van der Waals surface area contributed by atoms with Crippen LogP contribution in [0.2, 0.25) is 0 Å². The van der Waals surface area contributed by atoms with E-state index in [4.69, 9.17) is 16.3 Å². The highest BCUT2D eigenvalue weighted by Crippen LogP contribution is 2.34. The molecule has 3 aromatic carbocycles. The van der Waals surface area contributed by atoms with E-state index in [1.807, 2.05) is 30.3 Å². The Morgan fingerprint density at radius 1 is 0.971 bits per heavy atom. The third kappa shape index (κ3) is 4.46. The number of aryl methyl sites for hydroxylation is 3. The number of nitrogens with one attached hydrogen (secondary N) is 3. The second kappa shape index (κ2) is 9.77. The van der Waals surface area contributed by atoms with Crippen LogP contribution in [0.25, 0.3) is 21.7 Å². The monoisotopic (exact) mass is 477 g/mol. The van der Waals surface area contributed by atoms with E-state index in [1.54, 1.807) is 13.0 Å². The summed E-state index contributed by atoms with van der Waals surface area (Å²) < 4.78 is 5.06. The number of amides is 2. The molecule has 0 fully saturated rings. The molecule has 3 N–H and O–H groups in total. The first-order valence-corrected chi connectivity index (χ1v) is 11.8.